The monoisotopic (exact) mass is 321 g/mol. The molecule has 1 aliphatic rings. The van der Waals surface area contributed by atoms with Gasteiger partial charge >= 0.3 is 0 Å². The van der Waals surface area contributed by atoms with E-state index in [4.69, 9.17) is 0 Å². The van der Waals surface area contributed by atoms with E-state index in [9.17, 15) is 0 Å². The van der Waals surface area contributed by atoms with Crippen molar-refractivity contribution in [3.63, 3.8) is 0 Å². The molecule has 1 nitrogen and oxygen atoms in total. The van der Waals surface area contributed by atoms with E-state index in [1.807, 2.05) is 0 Å². The van der Waals surface area contributed by atoms with Gasteiger partial charge in [-0.15, -0.1) is 0 Å². The quantitative estimate of drug-likeness (QED) is 0.680. The normalized spacial score (nSPS) is 18.1. The molecular formula is C23H31N. The van der Waals surface area contributed by atoms with Gasteiger partial charge in [0.05, 0.1) is 0 Å². The van der Waals surface area contributed by atoms with Gasteiger partial charge in [-0.2, -0.15) is 0 Å². The van der Waals surface area contributed by atoms with Crippen LogP contribution in [-0.4, -0.2) is 24.5 Å². The number of rotatable bonds is 5. The zero-order chi connectivity index (χ0) is 16.6. The lowest BCUT2D eigenvalue weighted by Crippen LogP contribution is -2.33. The van der Waals surface area contributed by atoms with Crippen LogP contribution in [0.15, 0.2) is 60.7 Å². The Labute approximate surface area is 147 Å². The molecule has 1 heterocycles. The third-order valence-corrected chi connectivity index (χ3v) is 5.38. The molecule has 0 N–H and O–H groups in total. The van der Waals surface area contributed by atoms with Crippen molar-refractivity contribution in [1.29, 1.82) is 0 Å². The van der Waals surface area contributed by atoms with Gasteiger partial charge in [0.15, 0.2) is 0 Å². The number of hydrogen-bond acceptors (Lipinski definition) is 1. The van der Waals surface area contributed by atoms with Crippen molar-refractivity contribution in [2.75, 3.05) is 19.6 Å². The largest absolute Gasteiger partial charge is 0.303 e. The third-order valence-electron chi connectivity index (χ3n) is 5.38. The smallest absolute Gasteiger partial charge is 0.0127 e. The van der Waals surface area contributed by atoms with E-state index in [2.05, 4.69) is 72.5 Å². The van der Waals surface area contributed by atoms with Crippen LogP contribution in [0.1, 0.15) is 56.1 Å². The molecule has 2 aromatic rings. The second-order valence-electron chi connectivity index (χ2n) is 7.34. The molecule has 0 unspecified atom stereocenters. The highest BCUT2D eigenvalue weighted by Gasteiger charge is 2.23. The van der Waals surface area contributed by atoms with Gasteiger partial charge in [0.2, 0.25) is 0 Å². The molecule has 1 heteroatoms. The second kappa shape index (κ2) is 9.03. The molecule has 128 valence electrons. The van der Waals surface area contributed by atoms with Crippen LogP contribution in [0, 0.1) is 5.92 Å². The summed E-state index contributed by atoms with van der Waals surface area (Å²) in [5.41, 5.74) is 2.89. The summed E-state index contributed by atoms with van der Waals surface area (Å²) in [6.45, 7) is 6.19. The van der Waals surface area contributed by atoms with Crippen molar-refractivity contribution in [2.24, 2.45) is 5.92 Å². The van der Waals surface area contributed by atoms with Crippen LogP contribution in [0.5, 0.6) is 0 Å². The molecule has 0 spiro atoms. The van der Waals surface area contributed by atoms with E-state index < -0.39 is 0 Å². The molecule has 1 aliphatic heterocycles. The first-order chi connectivity index (χ1) is 11.8. The summed E-state index contributed by atoms with van der Waals surface area (Å²) in [6, 6.07) is 22.1. The van der Waals surface area contributed by atoms with Gasteiger partial charge in [-0.05, 0) is 43.0 Å². The molecule has 24 heavy (non-hydrogen) atoms. The Bertz CT molecular complexity index is 530. The predicted octanol–water partition coefficient (Wildman–Crippen LogP) is 5.72. The Morgan fingerprint density at radius 3 is 1.67 bits per heavy atom. The van der Waals surface area contributed by atoms with Gasteiger partial charge < -0.3 is 4.90 Å². The lowest BCUT2D eigenvalue weighted by atomic mass is 9.81. The number of hydrogen-bond donors (Lipinski definition) is 0. The number of nitrogens with zero attached hydrogens (tertiary/aromatic N) is 1. The third kappa shape index (κ3) is 4.70. The maximum atomic E-state index is 2.71. The lowest BCUT2D eigenvalue weighted by molar-refractivity contribution is 0.210. The van der Waals surface area contributed by atoms with Crippen molar-refractivity contribution < 1.29 is 0 Å². The second-order valence-corrected chi connectivity index (χ2v) is 7.34. The van der Waals surface area contributed by atoms with E-state index in [0.717, 1.165) is 0 Å². The molecule has 3 rings (SSSR count). The van der Waals surface area contributed by atoms with E-state index in [-0.39, 0.29) is 0 Å². The number of likely N-dealkylation sites (tertiary alicyclic amines) is 1. The van der Waals surface area contributed by atoms with Gasteiger partial charge in [-0.25, -0.2) is 0 Å². The van der Waals surface area contributed by atoms with Gasteiger partial charge in [-0.3, -0.25) is 0 Å². The topological polar surface area (TPSA) is 3.24 Å². The first kappa shape index (κ1) is 17.2. The first-order valence-corrected chi connectivity index (χ1v) is 9.67. The van der Waals surface area contributed by atoms with Crippen LogP contribution in [0.3, 0.4) is 0 Å². The summed E-state index contributed by atoms with van der Waals surface area (Å²) in [7, 11) is 0. The molecule has 0 aliphatic carbocycles. The summed E-state index contributed by atoms with van der Waals surface area (Å²) < 4.78 is 0. The van der Waals surface area contributed by atoms with E-state index >= 15 is 0 Å². The van der Waals surface area contributed by atoms with Crippen molar-refractivity contribution in [1.82, 2.24) is 4.90 Å². The molecule has 0 bridgehead atoms. The predicted molar refractivity (Wildman–Crippen MR) is 103 cm³/mol. The average Bonchev–Trinajstić information content (AvgIpc) is 2.59. The Morgan fingerprint density at radius 1 is 0.708 bits per heavy atom. The molecule has 1 atom stereocenters. The minimum absolute atomic E-state index is 0.484. The van der Waals surface area contributed by atoms with Crippen LogP contribution in [0.4, 0.5) is 0 Å². The summed E-state index contributed by atoms with van der Waals surface area (Å²) in [5, 5.41) is 0. The van der Waals surface area contributed by atoms with Crippen LogP contribution >= 0.6 is 0 Å². The van der Waals surface area contributed by atoms with Crippen molar-refractivity contribution >= 4 is 0 Å². The molecule has 0 aromatic heterocycles. The van der Waals surface area contributed by atoms with E-state index in [1.54, 1.807) is 0 Å². The van der Waals surface area contributed by atoms with E-state index in [0.29, 0.717) is 11.8 Å². The summed E-state index contributed by atoms with van der Waals surface area (Å²) >= 11 is 0. The molecule has 2 aromatic carbocycles. The molecule has 1 fully saturated rings. The summed E-state index contributed by atoms with van der Waals surface area (Å²) in [4.78, 5) is 2.71. The fourth-order valence-corrected chi connectivity index (χ4v) is 4.18. The van der Waals surface area contributed by atoms with Crippen LogP contribution < -0.4 is 0 Å². The van der Waals surface area contributed by atoms with Crippen LogP contribution in [-0.2, 0) is 0 Å². The Balaban J connectivity index is 1.77. The highest BCUT2D eigenvalue weighted by atomic mass is 15.1. The minimum atomic E-state index is 0.484. The van der Waals surface area contributed by atoms with Gasteiger partial charge in [0.25, 0.3) is 0 Å². The molecular weight excluding hydrogens is 290 g/mol. The molecule has 0 amide bonds. The first-order valence-electron chi connectivity index (χ1n) is 9.67. The Hall–Kier alpha value is -1.60. The minimum Gasteiger partial charge on any atom is -0.303 e. The Kier molecular flexibility index (Phi) is 6.48. The van der Waals surface area contributed by atoms with Crippen molar-refractivity contribution in [3.8, 4) is 0 Å². The van der Waals surface area contributed by atoms with Gasteiger partial charge in [0.1, 0.15) is 0 Å². The zero-order valence-electron chi connectivity index (χ0n) is 15.0. The summed E-state index contributed by atoms with van der Waals surface area (Å²) in [5.74, 6) is 1.10. The molecule has 0 saturated carbocycles. The molecule has 1 saturated heterocycles. The van der Waals surface area contributed by atoms with Crippen LogP contribution in [0.2, 0.25) is 0 Å². The zero-order valence-corrected chi connectivity index (χ0v) is 15.0. The summed E-state index contributed by atoms with van der Waals surface area (Å²) in [6.07, 6.45) is 6.99. The fraction of sp³-hybridized carbons (Fsp3) is 0.478. The van der Waals surface area contributed by atoms with Gasteiger partial charge in [-0.1, -0.05) is 86.8 Å². The average molecular weight is 322 g/mol. The van der Waals surface area contributed by atoms with Crippen LogP contribution in [0.25, 0.3) is 0 Å². The Morgan fingerprint density at radius 2 is 1.17 bits per heavy atom. The highest BCUT2D eigenvalue weighted by Crippen LogP contribution is 2.32. The van der Waals surface area contributed by atoms with Crippen molar-refractivity contribution in [3.05, 3.63) is 71.8 Å². The number of benzene rings is 2. The maximum Gasteiger partial charge on any atom is 0.0127 e. The lowest BCUT2D eigenvalue weighted by Gasteiger charge is -2.32. The van der Waals surface area contributed by atoms with E-state index in [1.165, 1.54) is 62.9 Å². The highest BCUT2D eigenvalue weighted by molar-refractivity contribution is 5.33. The standard InChI is InChI=1S/C23H31N/c1-20(19-24-17-11-3-2-4-12-18-24)23(21-13-7-5-8-14-21)22-15-9-6-10-16-22/h5-10,13-16,20,23H,2-4,11-12,17-19H2,1H3/t20-/m1/s1. The van der Waals surface area contributed by atoms with Crippen molar-refractivity contribution in [2.45, 2.75) is 44.9 Å². The fourth-order valence-electron chi connectivity index (χ4n) is 4.18. The maximum absolute atomic E-state index is 2.71. The SMILES string of the molecule is C[C@H](CN1CCCCCCC1)C(c1ccccc1)c1ccccc1. The van der Waals surface area contributed by atoms with Gasteiger partial charge in [0, 0.05) is 12.5 Å². The molecule has 0 radical (unpaired) electrons.